The Kier molecular flexibility index (Phi) is 1.56. The van der Waals surface area contributed by atoms with Crippen LogP contribution in [0.2, 0.25) is 0 Å². The monoisotopic (exact) mass is 414 g/mol. The summed E-state index contributed by atoms with van der Waals surface area (Å²) in [5.74, 6) is 0.454. The average molecular weight is 416 g/mol. The smallest absolute Gasteiger partial charge is 0.131 e. The van der Waals surface area contributed by atoms with Crippen LogP contribution in [-0.2, 0) is 23.9 Å². The average Bonchev–Trinajstić information content (AvgIpc) is 3.35. The van der Waals surface area contributed by atoms with Gasteiger partial charge in [-0.25, -0.2) is 0 Å². The van der Waals surface area contributed by atoms with Gasteiger partial charge in [-0.05, 0) is 74.1 Å². The third kappa shape index (κ3) is 0.749. The van der Waals surface area contributed by atoms with Crippen molar-refractivity contribution < 1.29 is 5.11 Å². The quantitative estimate of drug-likeness (QED) is 0.718. The van der Waals surface area contributed by atoms with Crippen molar-refractivity contribution in [2.75, 3.05) is 0 Å². The number of rotatable bonds is 1. The fraction of sp³-hybridized carbons (Fsp3) is 0.368. The number of aryl methyl sites for hydroxylation is 1. The molecule has 0 saturated heterocycles. The number of halogens is 2. The topological polar surface area (TPSA) is 20.2 Å². The Morgan fingerprint density at radius 1 is 1.14 bits per heavy atom. The molecule has 1 nitrogen and oxygen atoms in total. The molecule has 7 bridgehead atoms. The van der Waals surface area contributed by atoms with Crippen LogP contribution in [0, 0.1) is 0 Å². The molecule has 6 aliphatic rings. The molecule has 0 radical (unpaired) electrons. The van der Waals surface area contributed by atoms with Gasteiger partial charge in [-0.1, -0.05) is 28.9 Å². The van der Waals surface area contributed by atoms with E-state index in [2.05, 4.69) is 44.8 Å². The Balaban J connectivity index is 1.80. The summed E-state index contributed by atoms with van der Waals surface area (Å²) in [5, 5.41) is 11.7. The molecule has 6 aliphatic carbocycles. The molecular weight excluding hydrogens is 404 g/mol. The molecule has 8 rings (SSSR count). The number of hydrogen-bond acceptors (Lipinski definition) is 1. The van der Waals surface area contributed by atoms with Crippen molar-refractivity contribution in [3.05, 3.63) is 54.0 Å². The van der Waals surface area contributed by atoms with Crippen molar-refractivity contribution >= 4 is 31.9 Å². The van der Waals surface area contributed by atoms with Crippen LogP contribution in [0.3, 0.4) is 0 Å². The molecule has 0 fully saturated rings. The third-order valence-electron chi connectivity index (χ3n) is 7.09. The molecule has 3 unspecified atom stereocenters. The van der Waals surface area contributed by atoms with Crippen LogP contribution in [0.1, 0.15) is 58.2 Å². The molecule has 3 heteroatoms. The molecule has 2 aromatic rings. The summed E-state index contributed by atoms with van der Waals surface area (Å²) in [5.41, 5.74) is 11.8. The predicted molar refractivity (Wildman–Crippen MR) is 91.5 cm³/mol. The molecule has 0 aromatic heterocycles. The van der Waals surface area contributed by atoms with E-state index >= 15 is 0 Å². The minimum Gasteiger partial charge on any atom is -0.379 e. The van der Waals surface area contributed by atoms with Gasteiger partial charge in [0.2, 0.25) is 0 Å². The van der Waals surface area contributed by atoms with E-state index in [4.69, 9.17) is 0 Å². The summed E-state index contributed by atoms with van der Waals surface area (Å²) in [6, 6.07) is 2.30. The summed E-state index contributed by atoms with van der Waals surface area (Å²) in [6.07, 6.45) is 3.35. The molecule has 1 N–H and O–H groups in total. The van der Waals surface area contributed by atoms with E-state index in [0.29, 0.717) is 5.92 Å². The largest absolute Gasteiger partial charge is 0.379 e. The van der Waals surface area contributed by atoms with Gasteiger partial charge in [-0.3, -0.25) is 0 Å². The highest BCUT2D eigenvalue weighted by Gasteiger charge is 2.81. The molecule has 3 atom stereocenters. The van der Waals surface area contributed by atoms with E-state index in [9.17, 15) is 5.11 Å². The molecule has 2 aromatic carbocycles. The molecule has 0 aliphatic heterocycles. The maximum absolute atomic E-state index is 11.7. The van der Waals surface area contributed by atoms with E-state index in [1.807, 2.05) is 0 Å². The van der Waals surface area contributed by atoms with E-state index < -0.39 is 5.60 Å². The van der Waals surface area contributed by atoms with Gasteiger partial charge in [0.05, 0.1) is 5.41 Å². The highest BCUT2D eigenvalue weighted by atomic mass is 79.9. The van der Waals surface area contributed by atoms with E-state index in [-0.39, 0.29) is 5.41 Å². The highest BCUT2D eigenvalue weighted by Crippen LogP contribution is 2.85. The lowest BCUT2D eigenvalue weighted by molar-refractivity contribution is 0.0670. The maximum atomic E-state index is 11.7. The van der Waals surface area contributed by atoms with Crippen LogP contribution in [-0.4, -0.2) is 5.11 Å². The van der Waals surface area contributed by atoms with Crippen LogP contribution >= 0.6 is 31.9 Å². The Hall–Kier alpha value is -0.640. The van der Waals surface area contributed by atoms with Crippen LogP contribution in [0.25, 0.3) is 11.1 Å². The normalized spacial score (nSPS) is 35.0. The van der Waals surface area contributed by atoms with E-state index in [1.54, 1.807) is 5.56 Å². The molecule has 108 valence electrons. The molecule has 0 amide bonds. The summed E-state index contributed by atoms with van der Waals surface area (Å²) in [4.78, 5) is 0. The van der Waals surface area contributed by atoms with Gasteiger partial charge in [0, 0.05) is 26.0 Å². The van der Waals surface area contributed by atoms with Crippen LogP contribution in [0.5, 0.6) is 0 Å². The second-order valence-corrected chi connectivity index (χ2v) is 9.04. The number of fused-ring (bicyclic) bond motifs is 1. The Morgan fingerprint density at radius 2 is 1.95 bits per heavy atom. The summed E-state index contributed by atoms with van der Waals surface area (Å²) in [6.45, 7) is 2.28. The molecule has 22 heavy (non-hydrogen) atoms. The number of hydrogen-bond donors (Lipinski definition) is 1. The Labute approximate surface area is 145 Å². The fourth-order valence-electron chi connectivity index (χ4n) is 6.43. The second-order valence-electron chi connectivity index (χ2n) is 7.46. The minimum atomic E-state index is -0.741. The molecule has 1 spiro atoms. The molecule has 0 saturated carbocycles. The SMILES string of the molecule is CCC1c2c(Br)c3c4c5c2CCc2cc6c(c(Br)c2-5)C6(O)C341. The maximum Gasteiger partial charge on any atom is 0.131 e. The molecular formula is C19H12Br2O. The van der Waals surface area contributed by atoms with Crippen LogP contribution < -0.4 is 0 Å². The van der Waals surface area contributed by atoms with Gasteiger partial charge in [0.25, 0.3) is 0 Å². The summed E-state index contributed by atoms with van der Waals surface area (Å²) < 4.78 is 2.50. The highest BCUT2D eigenvalue weighted by molar-refractivity contribution is 9.11. The van der Waals surface area contributed by atoms with Crippen molar-refractivity contribution in [1.29, 1.82) is 0 Å². The van der Waals surface area contributed by atoms with Gasteiger partial charge in [-0.2, -0.15) is 0 Å². The zero-order chi connectivity index (χ0) is 14.8. The number of aliphatic hydroxyl groups is 1. The lowest BCUT2D eigenvalue weighted by Crippen LogP contribution is -2.35. The Bertz CT molecular complexity index is 1020. The first kappa shape index (κ1) is 11.8. The van der Waals surface area contributed by atoms with Gasteiger partial charge >= 0.3 is 0 Å². The van der Waals surface area contributed by atoms with Crippen molar-refractivity contribution in [1.82, 2.24) is 0 Å². The zero-order valence-corrected chi connectivity index (χ0v) is 15.2. The van der Waals surface area contributed by atoms with E-state index in [1.165, 1.54) is 53.5 Å². The predicted octanol–water partition coefficient (Wildman–Crippen LogP) is 4.65. The lowest BCUT2D eigenvalue weighted by Gasteiger charge is -2.36. The summed E-state index contributed by atoms with van der Waals surface area (Å²) >= 11 is 7.75. The van der Waals surface area contributed by atoms with Gasteiger partial charge in [-0.15, -0.1) is 0 Å². The van der Waals surface area contributed by atoms with Gasteiger partial charge < -0.3 is 5.11 Å². The van der Waals surface area contributed by atoms with Gasteiger partial charge in [0.1, 0.15) is 5.60 Å². The fourth-order valence-corrected chi connectivity index (χ4v) is 8.41. The zero-order valence-electron chi connectivity index (χ0n) is 12.0. The second kappa shape index (κ2) is 2.89. The third-order valence-corrected chi connectivity index (χ3v) is 8.71. The Morgan fingerprint density at radius 3 is 2.73 bits per heavy atom. The van der Waals surface area contributed by atoms with Crippen molar-refractivity contribution in [3.63, 3.8) is 0 Å². The van der Waals surface area contributed by atoms with Crippen molar-refractivity contribution in [2.45, 2.75) is 43.1 Å². The standard InChI is InChI=1S/C19H12Br2O/c1-2-8-11-7-4-3-6-5-9-13-16(20)10(6)12(7)14-15(17(11)21)18(8,14)19(9,13)22/h5,8,22H,2-4H2,1H3. The van der Waals surface area contributed by atoms with Crippen molar-refractivity contribution in [3.8, 4) is 11.1 Å². The van der Waals surface area contributed by atoms with Crippen molar-refractivity contribution in [2.24, 2.45) is 0 Å². The van der Waals surface area contributed by atoms with Crippen LogP contribution in [0.4, 0.5) is 0 Å². The number of benzene rings is 2. The van der Waals surface area contributed by atoms with Crippen LogP contribution in [0.15, 0.2) is 15.0 Å². The lowest BCUT2D eigenvalue weighted by atomic mass is 9.67. The minimum absolute atomic E-state index is 0.125. The molecule has 0 heterocycles. The van der Waals surface area contributed by atoms with E-state index in [0.717, 1.165) is 19.3 Å². The first-order valence-electron chi connectivity index (χ1n) is 8.08. The first-order valence-corrected chi connectivity index (χ1v) is 9.66. The summed E-state index contributed by atoms with van der Waals surface area (Å²) in [7, 11) is 0. The first-order chi connectivity index (χ1) is 10.6. The van der Waals surface area contributed by atoms with Gasteiger partial charge in [0.15, 0.2) is 0 Å².